The molecule has 3 aromatic heterocycles. The van der Waals surface area contributed by atoms with Crippen molar-refractivity contribution < 1.29 is 4.79 Å². The summed E-state index contributed by atoms with van der Waals surface area (Å²) in [4.78, 5) is 25.4. The van der Waals surface area contributed by atoms with Crippen molar-refractivity contribution in [3.05, 3.63) is 83.3 Å². The van der Waals surface area contributed by atoms with Crippen LogP contribution in [0.5, 0.6) is 0 Å². The van der Waals surface area contributed by atoms with Crippen LogP contribution in [0.3, 0.4) is 0 Å². The van der Waals surface area contributed by atoms with Gasteiger partial charge in [-0.3, -0.25) is 24.8 Å². The fourth-order valence-corrected chi connectivity index (χ4v) is 3.13. The van der Waals surface area contributed by atoms with Crippen LogP contribution in [-0.4, -0.2) is 30.9 Å². The van der Waals surface area contributed by atoms with Gasteiger partial charge in [0.05, 0.1) is 35.2 Å². The average Bonchev–Trinajstić information content (AvgIpc) is 3.24. The zero-order valence-corrected chi connectivity index (χ0v) is 15.8. The van der Waals surface area contributed by atoms with E-state index in [0.717, 1.165) is 22.3 Å². The molecule has 1 N–H and O–H groups in total. The third kappa shape index (κ3) is 3.68. The molecule has 28 heavy (non-hydrogen) atoms. The minimum Gasteiger partial charge on any atom is -0.294 e. The number of aryl methyl sites for hydroxylation is 1. The molecule has 0 saturated heterocycles. The van der Waals surface area contributed by atoms with Crippen molar-refractivity contribution in [2.45, 2.75) is 13.3 Å². The molecule has 6 nitrogen and oxygen atoms in total. The molecule has 0 aliphatic rings. The number of hydrogen-bond acceptors (Lipinski definition) is 5. The molecule has 0 radical (unpaired) electrons. The molecule has 0 unspecified atom stereocenters. The predicted octanol–water partition coefficient (Wildman–Crippen LogP) is 4.32. The SMILES string of the molecule is Cc1ccncc1C(=O)Cc1cnc(-c2cc(-c3cn[nH]c3)ccc2Cl)cn1. The largest absolute Gasteiger partial charge is 0.294 e. The molecule has 138 valence electrons. The quantitative estimate of drug-likeness (QED) is 0.514. The van der Waals surface area contributed by atoms with E-state index in [0.29, 0.717) is 22.0 Å². The number of nitrogens with one attached hydrogen (secondary N) is 1. The molecule has 0 atom stereocenters. The summed E-state index contributed by atoms with van der Waals surface area (Å²) in [6, 6.07) is 7.51. The Morgan fingerprint density at radius 1 is 1.07 bits per heavy atom. The number of Topliss-reactive ketones (excluding diaryl/α,β-unsaturated/α-hetero) is 1. The lowest BCUT2D eigenvalue weighted by atomic mass is 10.0. The minimum atomic E-state index is -0.0346. The van der Waals surface area contributed by atoms with E-state index in [1.807, 2.05) is 37.4 Å². The fraction of sp³-hybridized carbons (Fsp3) is 0.0952. The molecule has 4 aromatic rings. The van der Waals surface area contributed by atoms with E-state index in [2.05, 4.69) is 25.1 Å². The summed E-state index contributed by atoms with van der Waals surface area (Å²) in [7, 11) is 0. The molecule has 0 fully saturated rings. The van der Waals surface area contributed by atoms with E-state index >= 15 is 0 Å². The lowest BCUT2D eigenvalue weighted by molar-refractivity contribution is 0.0991. The molecule has 0 aliphatic carbocycles. The molecular weight excluding hydrogens is 374 g/mol. The van der Waals surface area contributed by atoms with Crippen molar-refractivity contribution in [3.8, 4) is 22.4 Å². The Labute approximate surface area is 166 Å². The fourth-order valence-electron chi connectivity index (χ4n) is 2.91. The maximum atomic E-state index is 12.5. The molecule has 0 aliphatic heterocycles. The van der Waals surface area contributed by atoms with Gasteiger partial charge in [0, 0.05) is 41.5 Å². The number of carbonyl (C=O) groups excluding carboxylic acids is 1. The van der Waals surface area contributed by atoms with E-state index in [4.69, 9.17) is 11.6 Å². The molecule has 3 heterocycles. The summed E-state index contributed by atoms with van der Waals surface area (Å²) in [6.07, 6.45) is 10.2. The van der Waals surface area contributed by atoms with Gasteiger partial charge >= 0.3 is 0 Å². The Morgan fingerprint density at radius 3 is 2.68 bits per heavy atom. The van der Waals surface area contributed by atoms with E-state index in [-0.39, 0.29) is 12.2 Å². The second-order valence-corrected chi connectivity index (χ2v) is 6.77. The van der Waals surface area contributed by atoms with Crippen LogP contribution in [0.1, 0.15) is 21.6 Å². The number of carbonyl (C=O) groups is 1. The molecule has 0 spiro atoms. The van der Waals surface area contributed by atoms with Gasteiger partial charge in [-0.1, -0.05) is 17.7 Å². The number of benzene rings is 1. The number of nitrogens with zero attached hydrogens (tertiary/aromatic N) is 4. The number of aromatic amines is 1. The summed E-state index contributed by atoms with van der Waals surface area (Å²) in [5.41, 5.74) is 5.44. The number of halogens is 1. The van der Waals surface area contributed by atoms with E-state index in [1.54, 1.807) is 31.0 Å². The van der Waals surface area contributed by atoms with Gasteiger partial charge in [-0.15, -0.1) is 0 Å². The smallest absolute Gasteiger partial charge is 0.170 e. The Hall–Kier alpha value is -3.38. The Balaban J connectivity index is 1.58. The number of hydrogen-bond donors (Lipinski definition) is 1. The highest BCUT2D eigenvalue weighted by atomic mass is 35.5. The first-order valence-electron chi connectivity index (χ1n) is 8.65. The minimum absolute atomic E-state index is 0.0346. The van der Waals surface area contributed by atoms with Crippen LogP contribution in [0.2, 0.25) is 5.02 Å². The van der Waals surface area contributed by atoms with Crippen LogP contribution in [0.4, 0.5) is 0 Å². The number of aromatic nitrogens is 5. The summed E-state index contributed by atoms with van der Waals surface area (Å²) in [5.74, 6) is -0.0346. The highest BCUT2D eigenvalue weighted by molar-refractivity contribution is 6.33. The molecule has 4 rings (SSSR count). The molecule has 0 saturated carbocycles. The van der Waals surface area contributed by atoms with Crippen LogP contribution in [0.25, 0.3) is 22.4 Å². The van der Waals surface area contributed by atoms with Crippen LogP contribution < -0.4 is 0 Å². The van der Waals surface area contributed by atoms with Crippen molar-refractivity contribution in [1.82, 2.24) is 25.1 Å². The van der Waals surface area contributed by atoms with Crippen LogP contribution >= 0.6 is 11.6 Å². The summed E-state index contributed by atoms with van der Waals surface area (Å²) in [6.45, 7) is 1.89. The van der Waals surface area contributed by atoms with Gasteiger partial charge in [0.2, 0.25) is 0 Å². The number of pyridine rings is 1. The second kappa shape index (κ2) is 7.70. The van der Waals surface area contributed by atoms with Gasteiger partial charge in [-0.25, -0.2) is 0 Å². The van der Waals surface area contributed by atoms with Crippen molar-refractivity contribution in [2.24, 2.45) is 0 Å². The molecule has 0 amide bonds. The summed E-state index contributed by atoms with van der Waals surface area (Å²) in [5, 5.41) is 7.35. The second-order valence-electron chi connectivity index (χ2n) is 6.37. The molecule has 1 aromatic carbocycles. The van der Waals surface area contributed by atoms with Crippen molar-refractivity contribution in [3.63, 3.8) is 0 Å². The Kier molecular flexibility index (Phi) is 4.95. The lowest BCUT2D eigenvalue weighted by Gasteiger charge is -2.07. The first kappa shape index (κ1) is 18.0. The monoisotopic (exact) mass is 389 g/mol. The zero-order valence-electron chi connectivity index (χ0n) is 15.1. The predicted molar refractivity (Wildman–Crippen MR) is 107 cm³/mol. The Morgan fingerprint density at radius 2 is 1.96 bits per heavy atom. The maximum absolute atomic E-state index is 12.5. The van der Waals surface area contributed by atoms with Gasteiger partial charge in [0.15, 0.2) is 5.78 Å². The Bertz CT molecular complexity index is 1120. The summed E-state index contributed by atoms with van der Waals surface area (Å²) >= 11 is 6.36. The summed E-state index contributed by atoms with van der Waals surface area (Å²) < 4.78 is 0. The number of rotatable bonds is 5. The lowest BCUT2D eigenvalue weighted by Crippen LogP contribution is -2.08. The van der Waals surface area contributed by atoms with Crippen LogP contribution in [-0.2, 0) is 6.42 Å². The molecule has 7 heteroatoms. The third-order valence-electron chi connectivity index (χ3n) is 4.46. The van der Waals surface area contributed by atoms with Gasteiger partial charge in [-0.05, 0) is 36.2 Å². The van der Waals surface area contributed by atoms with Crippen molar-refractivity contribution in [1.29, 1.82) is 0 Å². The molecule has 0 bridgehead atoms. The number of ketones is 1. The van der Waals surface area contributed by atoms with E-state index in [9.17, 15) is 4.79 Å². The highest BCUT2D eigenvalue weighted by Gasteiger charge is 2.13. The molecular formula is C21H16ClN5O. The van der Waals surface area contributed by atoms with Crippen LogP contribution in [0, 0.1) is 6.92 Å². The van der Waals surface area contributed by atoms with Gasteiger partial charge in [-0.2, -0.15) is 5.10 Å². The normalized spacial score (nSPS) is 10.8. The topological polar surface area (TPSA) is 84.4 Å². The van der Waals surface area contributed by atoms with Crippen molar-refractivity contribution >= 4 is 17.4 Å². The van der Waals surface area contributed by atoms with Gasteiger partial charge in [0.25, 0.3) is 0 Å². The zero-order chi connectivity index (χ0) is 19.5. The standard InChI is InChI=1S/C21H16ClN5O/c1-13-4-5-23-11-18(13)21(28)7-16-10-25-20(12-24-16)17-6-14(2-3-19(17)22)15-8-26-27-9-15/h2-6,8-12H,7H2,1H3,(H,26,27). The maximum Gasteiger partial charge on any atom is 0.170 e. The number of H-pyrrole nitrogens is 1. The van der Waals surface area contributed by atoms with E-state index < -0.39 is 0 Å². The van der Waals surface area contributed by atoms with Gasteiger partial charge < -0.3 is 0 Å². The first-order valence-corrected chi connectivity index (χ1v) is 9.03. The van der Waals surface area contributed by atoms with Crippen LogP contribution in [0.15, 0.2) is 61.4 Å². The third-order valence-corrected chi connectivity index (χ3v) is 4.79. The average molecular weight is 390 g/mol. The van der Waals surface area contributed by atoms with Gasteiger partial charge in [0.1, 0.15) is 0 Å². The highest BCUT2D eigenvalue weighted by Crippen LogP contribution is 2.31. The first-order chi connectivity index (χ1) is 13.6. The van der Waals surface area contributed by atoms with Crippen molar-refractivity contribution in [2.75, 3.05) is 0 Å². The van der Waals surface area contributed by atoms with E-state index in [1.165, 1.54) is 0 Å².